The van der Waals surface area contributed by atoms with Crippen molar-refractivity contribution in [2.24, 2.45) is 5.41 Å². The normalized spacial score (nSPS) is 16.0. The van der Waals surface area contributed by atoms with Gasteiger partial charge in [-0.3, -0.25) is 14.3 Å². The van der Waals surface area contributed by atoms with Crippen molar-refractivity contribution in [3.8, 4) is 0 Å². The van der Waals surface area contributed by atoms with E-state index >= 15 is 0 Å². The van der Waals surface area contributed by atoms with Crippen LogP contribution in [0.2, 0.25) is 0 Å². The average Bonchev–Trinajstić information content (AvgIpc) is 2.96. The topological polar surface area (TPSA) is 70.5 Å². The number of hydrogen-bond donors (Lipinski definition) is 1. The molecule has 1 N–H and O–H groups in total. The van der Waals surface area contributed by atoms with E-state index in [1.54, 1.807) is 6.92 Å². The van der Waals surface area contributed by atoms with Crippen LogP contribution in [0.15, 0.2) is 6.07 Å². The lowest BCUT2D eigenvalue weighted by Gasteiger charge is -2.30. The van der Waals surface area contributed by atoms with Gasteiger partial charge >= 0.3 is 0 Å². The molecule has 1 aromatic rings. The molecule has 1 aliphatic heterocycles. The summed E-state index contributed by atoms with van der Waals surface area (Å²) in [5.74, 6) is 0.606. The summed E-state index contributed by atoms with van der Waals surface area (Å²) in [6.07, 6.45) is 1.91. The highest BCUT2D eigenvalue weighted by Gasteiger charge is 2.25. The standard InChI is InChI=1S/C20H35N5O2/c1-15(26)24-10-7-16(8-11-24)18-13-17(14-23(5)6)25(22-18)12-9-21-19(27)20(2,3)4/h13,16H,7-12,14H2,1-6H3,(H,21,27). The van der Waals surface area contributed by atoms with E-state index in [4.69, 9.17) is 5.10 Å². The van der Waals surface area contributed by atoms with E-state index in [1.165, 1.54) is 0 Å². The average molecular weight is 378 g/mol. The van der Waals surface area contributed by atoms with E-state index < -0.39 is 0 Å². The third kappa shape index (κ3) is 6.06. The highest BCUT2D eigenvalue weighted by Crippen LogP contribution is 2.28. The molecule has 7 heteroatoms. The zero-order valence-corrected chi connectivity index (χ0v) is 17.7. The number of amides is 2. The Morgan fingerprint density at radius 1 is 1.26 bits per heavy atom. The summed E-state index contributed by atoms with van der Waals surface area (Å²) in [6.45, 7) is 11.0. The molecule has 1 saturated heterocycles. The Balaban J connectivity index is 2.03. The number of carbonyl (C=O) groups is 2. The predicted octanol–water partition coefficient (Wildman–Crippen LogP) is 1.83. The van der Waals surface area contributed by atoms with Crippen LogP contribution in [-0.2, 0) is 22.7 Å². The first-order valence-electron chi connectivity index (χ1n) is 9.83. The van der Waals surface area contributed by atoms with E-state index in [1.807, 2.05) is 44.4 Å². The Bertz CT molecular complexity index is 652. The molecule has 0 aromatic carbocycles. The number of likely N-dealkylation sites (tertiary alicyclic amines) is 1. The van der Waals surface area contributed by atoms with E-state index in [0.29, 0.717) is 19.0 Å². The van der Waals surface area contributed by atoms with Crippen LogP contribution in [0.3, 0.4) is 0 Å². The predicted molar refractivity (Wildman–Crippen MR) is 106 cm³/mol. The van der Waals surface area contributed by atoms with E-state index in [-0.39, 0.29) is 17.2 Å². The monoisotopic (exact) mass is 377 g/mol. The SMILES string of the molecule is CC(=O)N1CCC(c2cc(CN(C)C)n(CCNC(=O)C(C)(C)C)n2)CC1. The number of hydrogen-bond acceptors (Lipinski definition) is 4. The van der Waals surface area contributed by atoms with Crippen LogP contribution < -0.4 is 5.32 Å². The lowest BCUT2D eigenvalue weighted by Crippen LogP contribution is -2.37. The Hall–Kier alpha value is -1.89. The zero-order chi connectivity index (χ0) is 20.2. The number of nitrogens with zero attached hydrogens (tertiary/aromatic N) is 4. The van der Waals surface area contributed by atoms with Gasteiger partial charge in [-0.1, -0.05) is 20.8 Å². The summed E-state index contributed by atoms with van der Waals surface area (Å²) in [6, 6.07) is 2.19. The fourth-order valence-corrected chi connectivity index (χ4v) is 3.35. The van der Waals surface area contributed by atoms with Crippen LogP contribution in [0, 0.1) is 5.41 Å². The zero-order valence-electron chi connectivity index (χ0n) is 17.7. The van der Waals surface area contributed by atoms with Crippen LogP contribution in [0.5, 0.6) is 0 Å². The molecule has 7 nitrogen and oxygen atoms in total. The summed E-state index contributed by atoms with van der Waals surface area (Å²) in [5, 5.41) is 7.85. The molecule has 2 heterocycles. The lowest BCUT2D eigenvalue weighted by molar-refractivity contribution is -0.130. The molecule has 0 bridgehead atoms. The second-order valence-corrected chi connectivity index (χ2v) is 8.81. The summed E-state index contributed by atoms with van der Waals surface area (Å²) < 4.78 is 2.02. The maximum absolute atomic E-state index is 12.1. The molecule has 0 unspecified atom stereocenters. The first-order chi connectivity index (χ1) is 12.6. The van der Waals surface area contributed by atoms with Gasteiger partial charge in [0.25, 0.3) is 0 Å². The van der Waals surface area contributed by atoms with Crippen molar-refractivity contribution in [3.05, 3.63) is 17.5 Å². The second-order valence-electron chi connectivity index (χ2n) is 8.81. The number of carbonyl (C=O) groups excluding carboxylic acids is 2. The first-order valence-corrected chi connectivity index (χ1v) is 9.83. The Labute approximate surface area is 163 Å². The van der Waals surface area contributed by atoms with Gasteiger partial charge in [-0.2, -0.15) is 5.10 Å². The third-order valence-corrected chi connectivity index (χ3v) is 5.01. The molecule has 0 atom stereocenters. The molecule has 27 heavy (non-hydrogen) atoms. The van der Waals surface area contributed by atoms with Gasteiger partial charge in [0.05, 0.1) is 17.9 Å². The van der Waals surface area contributed by atoms with Gasteiger partial charge in [0.2, 0.25) is 11.8 Å². The van der Waals surface area contributed by atoms with Crippen LogP contribution in [0.25, 0.3) is 0 Å². The van der Waals surface area contributed by atoms with Gasteiger partial charge in [-0.05, 0) is 33.0 Å². The van der Waals surface area contributed by atoms with Gasteiger partial charge in [-0.25, -0.2) is 0 Å². The van der Waals surface area contributed by atoms with Crippen molar-refractivity contribution in [1.29, 1.82) is 0 Å². The highest BCUT2D eigenvalue weighted by molar-refractivity contribution is 5.81. The fourth-order valence-electron chi connectivity index (χ4n) is 3.35. The van der Waals surface area contributed by atoms with Gasteiger partial charge in [-0.15, -0.1) is 0 Å². The molecule has 2 amide bonds. The third-order valence-electron chi connectivity index (χ3n) is 5.01. The summed E-state index contributed by atoms with van der Waals surface area (Å²) >= 11 is 0. The van der Waals surface area contributed by atoms with Crippen molar-refractivity contribution < 1.29 is 9.59 Å². The summed E-state index contributed by atoms with van der Waals surface area (Å²) in [4.78, 5) is 27.6. The maximum Gasteiger partial charge on any atom is 0.225 e. The molecular formula is C20H35N5O2. The van der Waals surface area contributed by atoms with Gasteiger partial charge in [0, 0.05) is 44.4 Å². The minimum atomic E-state index is -0.383. The molecule has 0 saturated carbocycles. The van der Waals surface area contributed by atoms with Crippen LogP contribution in [0.1, 0.15) is 57.8 Å². The summed E-state index contributed by atoms with van der Waals surface area (Å²) in [7, 11) is 4.09. The number of rotatable bonds is 6. The molecular weight excluding hydrogens is 342 g/mol. The highest BCUT2D eigenvalue weighted by atomic mass is 16.2. The molecule has 0 aliphatic carbocycles. The molecule has 0 radical (unpaired) electrons. The molecule has 152 valence electrons. The molecule has 1 aromatic heterocycles. The number of aromatic nitrogens is 2. The summed E-state index contributed by atoms with van der Waals surface area (Å²) in [5.41, 5.74) is 1.89. The molecule has 1 aliphatic rings. The second kappa shape index (κ2) is 8.87. The van der Waals surface area contributed by atoms with Crippen LogP contribution in [-0.4, -0.2) is 65.1 Å². The van der Waals surface area contributed by atoms with Crippen LogP contribution >= 0.6 is 0 Å². The van der Waals surface area contributed by atoms with Crippen molar-refractivity contribution in [3.63, 3.8) is 0 Å². The van der Waals surface area contributed by atoms with Crippen molar-refractivity contribution in [1.82, 2.24) is 24.9 Å². The minimum absolute atomic E-state index is 0.0562. The quantitative estimate of drug-likeness (QED) is 0.821. The number of piperidine rings is 1. The molecule has 0 spiro atoms. The van der Waals surface area contributed by atoms with Crippen molar-refractivity contribution in [2.45, 2.75) is 59.5 Å². The molecule has 2 rings (SSSR count). The number of nitrogens with one attached hydrogen (secondary N) is 1. The lowest BCUT2D eigenvalue weighted by atomic mass is 9.93. The smallest absolute Gasteiger partial charge is 0.225 e. The van der Waals surface area contributed by atoms with E-state index in [0.717, 1.165) is 43.9 Å². The minimum Gasteiger partial charge on any atom is -0.354 e. The van der Waals surface area contributed by atoms with E-state index in [2.05, 4.69) is 16.3 Å². The first kappa shape index (κ1) is 21.4. The Morgan fingerprint density at radius 2 is 1.89 bits per heavy atom. The van der Waals surface area contributed by atoms with Gasteiger partial charge in [0.15, 0.2) is 0 Å². The fraction of sp³-hybridized carbons (Fsp3) is 0.750. The van der Waals surface area contributed by atoms with E-state index in [9.17, 15) is 9.59 Å². The Morgan fingerprint density at radius 3 is 2.41 bits per heavy atom. The largest absolute Gasteiger partial charge is 0.354 e. The van der Waals surface area contributed by atoms with Gasteiger partial charge < -0.3 is 15.1 Å². The van der Waals surface area contributed by atoms with Crippen molar-refractivity contribution in [2.75, 3.05) is 33.7 Å². The Kier molecular flexibility index (Phi) is 7.03. The maximum atomic E-state index is 12.1. The van der Waals surface area contributed by atoms with Gasteiger partial charge in [0.1, 0.15) is 0 Å². The van der Waals surface area contributed by atoms with Crippen LogP contribution in [0.4, 0.5) is 0 Å². The molecule has 1 fully saturated rings. The van der Waals surface area contributed by atoms with Crippen molar-refractivity contribution >= 4 is 11.8 Å².